The van der Waals surface area contributed by atoms with Gasteiger partial charge in [-0.3, -0.25) is 0 Å². The molecule has 0 radical (unpaired) electrons. The van der Waals surface area contributed by atoms with Gasteiger partial charge in [-0.25, -0.2) is 13.6 Å². The number of urea groups is 1. The number of halogens is 2. The molecule has 5 heteroatoms. The van der Waals surface area contributed by atoms with E-state index in [1.807, 2.05) is 30.3 Å². The van der Waals surface area contributed by atoms with Gasteiger partial charge in [-0.1, -0.05) is 36.4 Å². The first-order chi connectivity index (χ1) is 9.58. The third-order valence-corrected chi connectivity index (χ3v) is 2.85. The van der Waals surface area contributed by atoms with Crippen LogP contribution in [0.1, 0.15) is 18.5 Å². The maximum atomic E-state index is 13.4. The average Bonchev–Trinajstić information content (AvgIpc) is 2.44. The second-order valence-corrected chi connectivity index (χ2v) is 4.33. The third kappa shape index (κ3) is 3.32. The third-order valence-electron chi connectivity index (χ3n) is 2.85. The lowest BCUT2D eigenvalue weighted by Gasteiger charge is -2.15. The molecule has 0 saturated carbocycles. The highest BCUT2D eigenvalue weighted by molar-refractivity contribution is 5.89. The number of carbonyl (C=O) groups excluding carboxylic acids is 1. The van der Waals surface area contributed by atoms with E-state index < -0.39 is 23.4 Å². The van der Waals surface area contributed by atoms with Gasteiger partial charge in [-0.15, -0.1) is 0 Å². The summed E-state index contributed by atoms with van der Waals surface area (Å²) >= 11 is 0. The number of carbonyl (C=O) groups is 1. The number of nitrogens with one attached hydrogen (secondary N) is 2. The molecule has 2 N–H and O–H groups in total. The Kier molecular flexibility index (Phi) is 4.30. The lowest BCUT2D eigenvalue weighted by Crippen LogP contribution is -2.31. The summed E-state index contributed by atoms with van der Waals surface area (Å²) in [5.74, 6) is -1.62. The van der Waals surface area contributed by atoms with Crippen molar-refractivity contribution in [1.29, 1.82) is 0 Å². The van der Waals surface area contributed by atoms with Crippen molar-refractivity contribution in [2.75, 3.05) is 5.32 Å². The van der Waals surface area contributed by atoms with Crippen molar-refractivity contribution in [1.82, 2.24) is 5.32 Å². The van der Waals surface area contributed by atoms with Crippen LogP contribution in [0.5, 0.6) is 0 Å². The number of amides is 2. The van der Waals surface area contributed by atoms with Crippen molar-refractivity contribution in [3.8, 4) is 0 Å². The Bertz CT molecular complexity index is 582. The standard InChI is InChI=1S/C15H14F2N2O/c1-10(11-6-3-2-4-7-11)18-15(20)19-14-12(16)8-5-9-13(14)17/h2-10H,1H3,(H2,18,19,20)/t10-/m0/s1. The van der Waals surface area contributed by atoms with Gasteiger partial charge >= 0.3 is 6.03 Å². The van der Waals surface area contributed by atoms with Crippen LogP contribution in [0, 0.1) is 11.6 Å². The number of hydrogen-bond donors (Lipinski definition) is 2. The fourth-order valence-corrected chi connectivity index (χ4v) is 1.79. The summed E-state index contributed by atoms with van der Waals surface area (Å²) in [6.45, 7) is 1.78. The molecule has 0 aliphatic heterocycles. The summed E-state index contributed by atoms with van der Waals surface area (Å²) in [7, 11) is 0. The molecule has 0 heterocycles. The van der Waals surface area contributed by atoms with Crippen molar-refractivity contribution in [2.24, 2.45) is 0 Å². The van der Waals surface area contributed by atoms with Gasteiger partial charge in [0.25, 0.3) is 0 Å². The molecule has 0 saturated heterocycles. The van der Waals surface area contributed by atoms with Crippen LogP contribution in [-0.4, -0.2) is 6.03 Å². The van der Waals surface area contributed by atoms with Crippen LogP contribution < -0.4 is 10.6 Å². The first-order valence-electron chi connectivity index (χ1n) is 6.14. The van der Waals surface area contributed by atoms with Crippen LogP contribution in [0.25, 0.3) is 0 Å². The fraction of sp³-hybridized carbons (Fsp3) is 0.133. The molecule has 0 spiro atoms. The van der Waals surface area contributed by atoms with Crippen molar-refractivity contribution in [3.63, 3.8) is 0 Å². The molecular weight excluding hydrogens is 262 g/mol. The predicted octanol–water partition coefficient (Wildman–Crippen LogP) is 3.85. The Morgan fingerprint density at radius 2 is 1.60 bits per heavy atom. The van der Waals surface area contributed by atoms with Crippen molar-refractivity contribution >= 4 is 11.7 Å². The van der Waals surface area contributed by atoms with Crippen LogP contribution in [-0.2, 0) is 0 Å². The smallest absolute Gasteiger partial charge is 0.319 e. The van der Waals surface area contributed by atoms with Gasteiger partial charge in [0.2, 0.25) is 0 Å². The molecule has 1 atom stereocenters. The maximum absolute atomic E-state index is 13.4. The van der Waals surface area contributed by atoms with E-state index in [-0.39, 0.29) is 6.04 Å². The molecule has 0 aromatic heterocycles. The second-order valence-electron chi connectivity index (χ2n) is 4.33. The van der Waals surface area contributed by atoms with Gasteiger partial charge in [0.1, 0.15) is 17.3 Å². The molecule has 104 valence electrons. The molecule has 0 fully saturated rings. The Labute approximate surface area is 115 Å². The zero-order chi connectivity index (χ0) is 14.5. The van der Waals surface area contributed by atoms with E-state index >= 15 is 0 Å². The summed E-state index contributed by atoms with van der Waals surface area (Å²) < 4.78 is 26.8. The first-order valence-corrected chi connectivity index (χ1v) is 6.14. The van der Waals surface area contributed by atoms with Gasteiger partial charge < -0.3 is 10.6 Å². The lowest BCUT2D eigenvalue weighted by atomic mass is 10.1. The summed E-state index contributed by atoms with van der Waals surface area (Å²) in [5.41, 5.74) is 0.446. The number of para-hydroxylation sites is 1. The predicted molar refractivity (Wildman–Crippen MR) is 73.4 cm³/mol. The second kappa shape index (κ2) is 6.14. The van der Waals surface area contributed by atoms with Crippen LogP contribution in [0.4, 0.5) is 19.3 Å². The van der Waals surface area contributed by atoms with Gasteiger partial charge in [0.05, 0.1) is 6.04 Å². The highest BCUT2D eigenvalue weighted by Crippen LogP contribution is 2.18. The quantitative estimate of drug-likeness (QED) is 0.878. The normalized spacial score (nSPS) is 11.8. The summed E-state index contributed by atoms with van der Waals surface area (Å²) in [6.07, 6.45) is 0. The zero-order valence-electron chi connectivity index (χ0n) is 10.9. The van der Waals surface area contributed by atoms with Gasteiger partial charge in [-0.05, 0) is 24.6 Å². The molecule has 3 nitrogen and oxygen atoms in total. The highest BCUT2D eigenvalue weighted by atomic mass is 19.1. The van der Waals surface area contributed by atoms with Crippen LogP contribution >= 0.6 is 0 Å². The van der Waals surface area contributed by atoms with E-state index in [0.717, 1.165) is 17.7 Å². The van der Waals surface area contributed by atoms with Gasteiger partial charge in [0.15, 0.2) is 0 Å². The minimum Gasteiger partial charge on any atom is -0.331 e. The zero-order valence-corrected chi connectivity index (χ0v) is 10.9. The fourth-order valence-electron chi connectivity index (χ4n) is 1.79. The molecule has 20 heavy (non-hydrogen) atoms. The number of hydrogen-bond acceptors (Lipinski definition) is 1. The SMILES string of the molecule is C[C@H](NC(=O)Nc1c(F)cccc1F)c1ccccc1. The molecule has 0 aliphatic carbocycles. The molecule has 2 rings (SSSR count). The number of anilines is 1. The van der Waals surface area contributed by atoms with Crippen molar-refractivity contribution < 1.29 is 13.6 Å². The van der Waals surface area contributed by atoms with E-state index in [1.54, 1.807) is 6.92 Å². The summed E-state index contributed by atoms with van der Waals surface area (Å²) in [4.78, 5) is 11.7. The monoisotopic (exact) mass is 276 g/mol. The molecule has 0 unspecified atom stereocenters. The Hall–Kier alpha value is -2.43. The molecule has 2 amide bonds. The van der Waals surface area contributed by atoms with Crippen molar-refractivity contribution in [3.05, 3.63) is 65.7 Å². The van der Waals surface area contributed by atoms with E-state index in [1.165, 1.54) is 6.07 Å². The molecule has 2 aromatic carbocycles. The Balaban J connectivity index is 2.03. The van der Waals surface area contributed by atoms with Crippen molar-refractivity contribution in [2.45, 2.75) is 13.0 Å². The van der Waals surface area contributed by atoms with E-state index in [2.05, 4.69) is 10.6 Å². The molecule has 2 aromatic rings. The van der Waals surface area contributed by atoms with Crippen LogP contribution in [0.2, 0.25) is 0 Å². The van der Waals surface area contributed by atoms with Gasteiger partial charge in [-0.2, -0.15) is 0 Å². The van der Waals surface area contributed by atoms with E-state index in [4.69, 9.17) is 0 Å². The largest absolute Gasteiger partial charge is 0.331 e. The van der Waals surface area contributed by atoms with E-state index in [0.29, 0.717) is 0 Å². The Morgan fingerprint density at radius 1 is 1.00 bits per heavy atom. The number of benzene rings is 2. The average molecular weight is 276 g/mol. The minimum atomic E-state index is -0.812. The number of rotatable bonds is 3. The molecule has 0 aliphatic rings. The first kappa shape index (κ1) is 14.0. The van der Waals surface area contributed by atoms with E-state index in [9.17, 15) is 13.6 Å². The minimum absolute atomic E-state index is 0.272. The topological polar surface area (TPSA) is 41.1 Å². The van der Waals surface area contributed by atoms with Crippen LogP contribution in [0.15, 0.2) is 48.5 Å². The maximum Gasteiger partial charge on any atom is 0.319 e. The molecule has 0 bridgehead atoms. The Morgan fingerprint density at radius 3 is 2.20 bits per heavy atom. The lowest BCUT2D eigenvalue weighted by molar-refractivity contribution is 0.249. The summed E-state index contributed by atoms with van der Waals surface area (Å²) in [5, 5.41) is 4.79. The summed E-state index contributed by atoms with van der Waals surface area (Å²) in [6, 6.07) is 11.7. The van der Waals surface area contributed by atoms with Crippen LogP contribution in [0.3, 0.4) is 0 Å². The highest BCUT2D eigenvalue weighted by Gasteiger charge is 2.14. The van der Waals surface area contributed by atoms with Gasteiger partial charge in [0, 0.05) is 0 Å². The molecular formula is C15H14F2N2O.